The van der Waals surface area contributed by atoms with Crippen molar-refractivity contribution in [3.63, 3.8) is 0 Å². The van der Waals surface area contributed by atoms with Crippen molar-refractivity contribution >= 4 is 50.3 Å². The number of thiophene rings is 1. The van der Waals surface area contributed by atoms with Gasteiger partial charge in [0.05, 0.1) is 9.95 Å². The second kappa shape index (κ2) is 5.98. The third-order valence-corrected chi connectivity index (χ3v) is 5.03. The Morgan fingerprint density at radius 1 is 1.26 bits per heavy atom. The number of hydrogen-bond acceptors (Lipinski definition) is 4. The van der Waals surface area contributed by atoms with Gasteiger partial charge in [-0.05, 0) is 24.6 Å². The molecule has 5 nitrogen and oxygen atoms in total. The molecule has 7 heteroatoms. The minimum absolute atomic E-state index is 0.0823. The van der Waals surface area contributed by atoms with Crippen LogP contribution >= 0.6 is 22.9 Å². The van der Waals surface area contributed by atoms with Crippen LogP contribution < -0.4 is 5.32 Å². The number of non-ortho nitro benzene ring substituents is 1. The van der Waals surface area contributed by atoms with Crippen LogP contribution in [0.2, 0.25) is 5.02 Å². The Bertz CT molecular complexity index is 936. The second-order valence-corrected chi connectivity index (χ2v) is 6.38. The van der Waals surface area contributed by atoms with Crippen LogP contribution in [0.15, 0.2) is 42.5 Å². The first kappa shape index (κ1) is 15.5. The molecule has 1 amide bonds. The largest absolute Gasteiger partial charge is 0.321 e. The Balaban J connectivity index is 1.95. The number of carbonyl (C=O) groups is 1. The van der Waals surface area contributed by atoms with E-state index < -0.39 is 4.92 Å². The first-order valence-electron chi connectivity index (χ1n) is 6.71. The van der Waals surface area contributed by atoms with Gasteiger partial charge in [0.1, 0.15) is 4.88 Å². The summed E-state index contributed by atoms with van der Waals surface area (Å²) in [6, 6.07) is 11.5. The van der Waals surface area contributed by atoms with E-state index in [-0.39, 0.29) is 11.6 Å². The van der Waals surface area contributed by atoms with Crippen LogP contribution in [0, 0.1) is 17.0 Å². The second-order valence-electron chi connectivity index (χ2n) is 4.95. The van der Waals surface area contributed by atoms with E-state index in [1.807, 2.05) is 25.1 Å². The average Bonchev–Trinajstić information content (AvgIpc) is 2.86. The quantitative estimate of drug-likeness (QED) is 0.534. The number of benzene rings is 2. The van der Waals surface area contributed by atoms with Gasteiger partial charge in [0, 0.05) is 27.9 Å². The lowest BCUT2D eigenvalue weighted by atomic mass is 10.1. The topological polar surface area (TPSA) is 72.2 Å². The number of nitrogens with zero attached hydrogens (tertiary/aromatic N) is 1. The molecular formula is C16H11ClN2O3S. The fourth-order valence-electron chi connectivity index (χ4n) is 2.31. The Labute approximate surface area is 140 Å². The molecule has 0 bridgehead atoms. The first-order valence-corrected chi connectivity index (χ1v) is 7.90. The van der Waals surface area contributed by atoms with Crippen molar-refractivity contribution in [1.29, 1.82) is 0 Å². The number of nitro benzene ring substituents is 1. The standard InChI is InChI=1S/C16H11ClN2O3S/c1-9-4-2-7-12-13(9)14(17)15(23-12)16(20)18-10-5-3-6-11(8-10)19(21)22/h2-8H,1H3,(H,18,20). The lowest BCUT2D eigenvalue weighted by molar-refractivity contribution is -0.384. The summed E-state index contributed by atoms with van der Waals surface area (Å²) in [6.07, 6.45) is 0. The molecule has 0 aliphatic rings. The molecule has 3 aromatic rings. The highest BCUT2D eigenvalue weighted by molar-refractivity contribution is 7.21. The predicted molar refractivity (Wildman–Crippen MR) is 92.6 cm³/mol. The molecular weight excluding hydrogens is 336 g/mol. The summed E-state index contributed by atoms with van der Waals surface area (Å²) in [7, 11) is 0. The Hall–Kier alpha value is -2.44. The SMILES string of the molecule is Cc1cccc2sc(C(=O)Nc3cccc([N+](=O)[O-])c3)c(Cl)c12. The van der Waals surface area contributed by atoms with E-state index >= 15 is 0 Å². The zero-order valence-electron chi connectivity index (χ0n) is 12.0. The molecule has 0 saturated heterocycles. The first-order chi connectivity index (χ1) is 11.0. The number of nitro groups is 1. The summed E-state index contributed by atoms with van der Waals surface area (Å²) in [5.74, 6) is -0.379. The molecule has 0 atom stereocenters. The maximum Gasteiger partial charge on any atom is 0.271 e. The van der Waals surface area contributed by atoms with Gasteiger partial charge in [0.25, 0.3) is 11.6 Å². The summed E-state index contributed by atoms with van der Waals surface area (Å²) in [6.45, 7) is 1.93. The van der Waals surface area contributed by atoms with Gasteiger partial charge < -0.3 is 5.32 Å². The molecule has 3 rings (SSSR count). The number of nitrogens with one attached hydrogen (secondary N) is 1. The number of rotatable bonds is 3. The minimum atomic E-state index is -0.508. The van der Waals surface area contributed by atoms with Gasteiger partial charge >= 0.3 is 0 Å². The molecule has 1 N–H and O–H groups in total. The van der Waals surface area contributed by atoms with Gasteiger partial charge in [-0.25, -0.2) is 0 Å². The van der Waals surface area contributed by atoms with E-state index in [4.69, 9.17) is 11.6 Å². The minimum Gasteiger partial charge on any atom is -0.321 e. The fourth-order valence-corrected chi connectivity index (χ4v) is 3.88. The molecule has 116 valence electrons. The fraction of sp³-hybridized carbons (Fsp3) is 0.0625. The van der Waals surface area contributed by atoms with Gasteiger partial charge in [0.2, 0.25) is 0 Å². The van der Waals surface area contributed by atoms with Gasteiger partial charge in [-0.1, -0.05) is 29.8 Å². The molecule has 1 aromatic heterocycles. The van der Waals surface area contributed by atoms with E-state index in [0.717, 1.165) is 15.6 Å². The monoisotopic (exact) mass is 346 g/mol. The van der Waals surface area contributed by atoms with E-state index in [1.54, 1.807) is 6.07 Å². The smallest absolute Gasteiger partial charge is 0.271 e. The van der Waals surface area contributed by atoms with E-state index in [1.165, 1.54) is 29.5 Å². The Morgan fingerprint density at radius 2 is 2.00 bits per heavy atom. The number of halogens is 1. The van der Waals surface area contributed by atoms with Crippen molar-refractivity contribution in [1.82, 2.24) is 0 Å². The molecule has 0 aliphatic carbocycles. The Morgan fingerprint density at radius 3 is 2.70 bits per heavy atom. The van der Waals surface area contributed by atoms with E-state index in [2.05, 4.69) is 5.32 Å². The summed E-state index contributed by atoms with van der Waals surface area (Å²) in [5, 5.41) is 14.7. The molecule has 2 aromatic carbocycles. The summed E-state index contributed by atoms with van der Waals surface area (Å²) >= 11 is 7.64. The van der Waals surface area contributed by atoms with Crippen molar-refractivity contribution in [3.05, 3.63) is 68.0 Å². The average molecular weight is 347 g/mol. The predicted octanol–water partition coefficient (Wildman–Crippen LogP) is 5.02. The van der Waals surface area contributed by atoms with Crippen LogP contribution in [0.5, 0.6) is 0 Å². The van der Waals surface area contributed by atoms with Crippen molar-refractivity contribution in [2.45, 2.75) is 6.92 Å². The highest BCUT2D eigenvalue weighted by Gasteiger charge is 2.19. The van der Waals surface area contributed by atoms with Crippen molar-refractivity contribution < 1.29 is 9.72 Å². The van der Waals surface area contributed by atoms with Crippen LogP contribution in [-0.4, -0.2) is 10.8 Å². The number of carbonyl (C=O) groups excluding carboxylic acids is 1. The normalized spacial score (nSPS) is 10.7. The van der Waals surface area contributed by atoms with Gasteiger partial charge in [-0.15, -0.1) is 11.3 Å². The van der Waals surface area contributed by atoms with Crippen LogP contribution in [0.3, 0.4) is 0 Å². The number of aryl methyl sites for hydroxylation is 1. The van der Waals surface area contributed by atoms with Crippen LogP contribution in [-0.2, 0) is 0 Å². The van der Waals surface area contributed by atoms with Crippen molar-refractivity contribution in [2.24, 2.45) is 0 Å². The highest BCUT2D eigenvalue weighted by Crippen LogP contribution is 2.37. The summed E-state index contributed by atoms with van der Waals surface area (Å²) < 4.78 is 0.930. The maximum atomic E-state index is 12.4. The highest BCUT2D eigenvalue weighted by atomic mass is 35.5. The lowest BCUT2D eigenvalue weighted by Gasteiger charge is -2.04. The maximum absolute atomic E-state index is 12.4. The molecule has 1 heterocycles. The van der Waals surface area contributed by atoms with Crippen LogP contribution in [0.1, 0.15) is 15.2 Å². The van der Waals surface area contributed by atoms with Gasteiger partial charge in [-0.2, -0.15) is 0 Å². The number of amides is 1. The number of fused-ring (bicyclic) bond motifs is 1. The molecule has 23 heavy (non-hydrogen) atoms. The van der Waals surface area contributed by atoms with Crippen LogP contribution in [0.4, 0.5) is 11.4 Å². The van der Waals surface area contributed by atoms with Gasteiger partial charge in [-0.3, -0.25) is 14.9 Å². The van der Waals surface area contributed by atoms with Crippen molar-refractivity contribution in [3.8, 4) is 0 Å². The zero-order chi connectivity index (χ0) is 16.6. The van der Waals surface area contributed by atoms with Crippen LogP contribution in [0.25, 0.3) is 10.1 Å². The summed E-state index contributed by atoms with van der Waals surface area (Å²) in [5.41, 5.74) is 1.27. The third-order valence-electron chi connectivity index (χ3n) is 3.39. The molecule has 0 saturated carbocycles. The molecule has 0 unspecified atom stereocenters. The third kappa shape index (κ3) is 2.91. The zero-order valence-corrected chi connectivity index (χ0v) is 13.6. The Kier molecular flexibility index (Phi) is 4.02. The summed E-state index contributed by atoms with van der Waals surface area (Å²) in [4.78, 5) is 23.1. The van der Waals surface area contributed by atoms with E-state index in [0.29, 0.717) is 15.6 Å². The van der Waals surface area contributed by atoms with E-state index in [9.17, 15) is 14.9 Å². The molecule has 0 spiro atoms. The van der Waals surface area contributed by atoms with Crippen molar-refractivity contribution in [2.75, 3.05) is 5.32 Å². The molecule has 0 aliphatic heterocycles. The molecule has 0 radical (unpaired) electrons. The lowest BCUT2D eigenvalue weighted by Crippen LogP contribution is -2.10. The number of anilines is 1. The van der Waals surface area contributed by atoms with Gasteiger partial charge in [0.15, 0.2) is 0 Å². The molecule has 0 fully saturated rings. The number of hydrogen-bond donors (Lipinski definition) is 1.